The molecule has 128 valence electrons. The highest BCUT2D eigenvalue weighted by atomic mass is 19.1. The van der Waals surface area contributed by atoms with Crippen molar-refractivity contribution in [1.29, 1.82) is 0 Å². The van der Waals surface area contributed by atoms with Gasteiger partial charge in [-0.25, -0.2) is 18.5 Å². The van der Waals surface area contributed by atoms with E-state index in [0.717, 1.165) is 6.07 Å². The third-order valence-corrected chi connectivity index (χ3v) is 3.78. The molecule has 0 fully saturated rings. The number of carboxylic acids is 1. The Morgan fingerprint density at radius 2 is 1.88 bits per heavy atom. The number of carbonyl (C=O) groups is 1. The van der Waals surface area contributed by atoms with Gasteiger partial charge in [-0.3, -0.25) is 9.69 Å². The van der Waals surface area contributed by atoms with Crippen LogP contribution in [0.3, 0.4) is 0 Å². The lowest BCUT2D eigenvalue weighted by Gasteiger charge is -2.19. The lowest BCUT2D eigenvalue weighted by molar-refractivity contribution is 0.0686. The summed E-state index contributed by atoms with van der Waals surface area (Å²) in [5, 5.41) is 9.28. The maximum atomic E-state index is 14.0. The molecule has 0 aliphatic heterocycles. The molecule has 0 unspecified atom stereocenters. The molecule has 0 radical (unpaired) electrons. The smallest absolute Gasteiger partial charge is 0.352 e. The summed E-state index contributed by atoms with van der Waals surface area (Å²) in [6.45, 7) is 4.95. The van der Waals surface area contributed by atoms with Crippen LogP contribution in [0.2, 0.25) is 0 Å². The fourth-order valence-corrected chi connectivity index (χ4v) is 2.42. The summed E-state index contributed by atoms with van der Waals surface area (Å²) in [7, 11) is 0. The van der Waals surface area contributed by atoms with E-state index in [0.29, 0.717) is 17.7 Å². The first kappa shape index (κ1) is 17.6. The van der Waals surface area contributed by atoms with Crippen LogP contribution in [0.25, 0.3) is 5.69 Å². The Morgan fingerprint density at radius 3 is 2.42 bits per heavy atom. The summed E-state index contributed by atoms with van der Waals surface area (Å²) in [5.41, 5.74) is -2.61. The highest BCUT2D eigenvalue weighted by Crippen LogP contribution is 2.10. The molecule has 2 N–H and O–H groups in total. The molecule has 0 spiro atoms. The minimum Gasteiger partial charge on any atom is -0.477 e. The summed E-state index contributed by atoms with van der Waals surface area (Å²) in [6, 6.07) is 5.32. The quantitative estimate of drug-likeness (QED) is 0.827. The second-order valence-electron chi connectivity index (χ2n) is 5.14. The highest BCUT2D eigenvalue weighted by molar-refractivity contribution is 5.86. The number of nitrogens with one attached hydrogen (secondary N) is 1. The van der Waals surface area contributed by atoms with Crippen LogP contribution in [0.4, 0.5) is 4.39 Å². The highest BCUT2D eigenvalue weighted by Gasteiger charge is 2.22. The molecule has 0 saturated carbocycles. The van der Waals surface area contributed by atoms with Crippen LogP contribution in [-0.2, 0) is 6.54 Å². The zero-order chi connectivity index (χ0) is 17.9. The third kappa shape index (κ3) is 3.28. The monoisotopic (exact) mass is 335 g/mol. The van der Waals surface area contributed by atoms with Gasteiger partial charge in [0.2, 0.25) is 0 Å². The number of benzene rings is 1. The maximum Gasteiger partial charge on any atom is 0.352 e. The minimum atomic E-state index is -1.41. The molecule has 2 aromatic rings. The van der Waals surface area contributed by atoms with Crippen molar-refractivity contribution in [2.75, 3.05) is 13.1 Å². The Balaban J connectivity index is 2.76. The number of hydrogen-bond acceptors (Lipinski definition) is 4. The number of para-hydroxylation sites is 1. The van der Waals surface area contributed by atoms with Gasteiger partial charge in [-0.05, 0) is 25.2 Å². The van der Waals surface area contributed by atoms with Crippen LogP contribution >= 0.6 is 0 Å². The first-order valence-electron chi connectivity index (χ1n) is 7.49. The number of H-pyrrole nitrogens is 1. The lowest BCUT2D eigenvalue weighted by Crippen LogP contribution is -2.41. The number of halogens is 1. The van der Waals surface area contributed by atoms with Crippen LogP contribution in [0, 0.1) is 5.82 Å². The minimum absolute atomic E-state index is 0.0404. The Labute approximate surface area is 137 Å². The molecule has 0 aliphatic rings. The zero-order valence-corrected chi connectivity index (χ0v) is 13.4. The van der Waals surface area contributed by atoms with Gasteiger partial charge in [0.25, 0.3) is 5.56 Å². The number of hydrogen-bond donors (Lipinski definition) is 2. The Bertz CT molecular complexity index is 868. The first-order chi connectivity index (χ1) is 11.4. The first-order valence-corrected chi connectivity index (χ1v) is 7.49. The van der Waals surface area contributed by atoms with E-state index in [1.807, 2.05) is 18.7 Å². The average Bonchev–Trinajstić information content (AvgIpc) is 2.55. The number of carboxylic acid groups (broad SMARTS) is 1. The zero-order valence-electron chi connectivity index (χ0n) is 13.4. The normalized spacial score (nSPS) is 11.0. The largest absolute Gasteiger partial charge is 0.477 e. The molecule has 24 heavy (non-hydrogen) atoms. The number of nitrogens with zero attached hydrogens (tertiary/aromatic N) is 2. The van der Waals surface area contributed by atoms with Crippen LogP contribution in [0.5, 0.6) is 0 Å². The molecule has 0 bridgehead atoms. The van der Waals surface area contributed by atoms with Gasteiger partial charge in [0, 0.05) is 6.54 Å². The van der Waals surface area contributed by atoms with Crippen molar-refractivity contribution in [1.82, 2.24) is 14.5 Å². The van der Waals surface area contributed by atoms with E-state index >= 15 is 0 Å². The Morgan fingerprint density at radius 1 is 1.25 bits per heavy atom. The van der Waals surface area contributed by atoms with Gasteiger partial charge in [-0.15, -0.1) is 0 Å². The SMILES string of the molecule is CCN(CC)Cc1c(C(=O)O)[nH]c(=O)n(-c2ccccc2F)c1=O. The summed E-state index contributed by atoms with van der Waals surface area (Å²) in [4.78, 5) is 40.3. The molecule has 8 heteroatoms. The number of rotatable bonds is 6. The van der Waals surface area contributed by atoms with Crippen molar-refractivity contribution in [3.63, 3.8) is 0 Å². The predicted octanol–water partition coefficient (Wildman–Crippen LogP) is 1.20. The number of aromatic amines is 1. The standard InChI is InChI=1S/C16H18FN3O4/c1-3-19(4-2)9-10-13(15(22)23)18-16(24)20(14(10)21)12-8-6-5-7-11(12)17/h5-8H,3-4,9H2,1-2H3,(H,18,24)(H,22,23). The van der Waals surface area contributed by atoms with Gasteiger partial charge in [-0.1, -0.05) is 26.0 Å². The summed E-state index contributed by atoms with van der Waals surface area (Å²) < 4.78 is 14.6. The van der Waals surface area contributed by atoms with Crippen molar-refractivity contribution >= 4 is 5.97 Å². The van der Waals surface area contributed by atoms with Gasteiger partial charge in [0.05, 0.1) is 11.3 Å². The molecule has 2 rings (SSSR count). The number of aromatic nitrogens is 2. The van der Waals surface area contributed by atoms with E-state index in [4.69, 9.17) is 0 Å². The second-order valence-corrected chi connectivity index (χ2v) is 5.14. The summed E-state index contributed by atoms with van der Waals surface area (Å²) in [6.07, 6.45) is 0. The fraction of sp³-hybridized carbons (Fsp3) is 0.312. The van der Waals surface area contributed by atoms with Crippen LogP contribution < -0.4 is 11.2 Å². The van der Waals surface area contributed by atoms with E-state index in [9.17, 15) is 23.9 Å². The molecule has 0 atom stereocenters. The molecule has 7 nitrogen and oxygen atoms in total. The van der Waals surface area contributed by atoms with Gasteiger partial charge < -0.3 is 10.1 Å². The van der Waals surface area contributed by atoms with Gasteiger partial charge in [0.1, 0.15) is 11.5 Å². The van der Waals surface area contributed by atoms with Crippen molar-refractivity contribution in [3.8, 4) is 5.69 Å². The van der Waals surface area contributed by atoms with Gasteiger partial charge >= 0.3 is 11.7 Å². The fourth-order valence-electron chi connectivity index (χ4n) is 2.42. The van der Waals surface area contributed by atoms with Crippen LogP contribution in [0.1, 0.15) is 29.9 Å². The predicted molar refractivity (Wildman–Crippen MR) is 86.2 cm³/mol. The summed E-state index contributed by atoms with van der Waals surface area (Å²) >= 11 is 0. The van der Waals surface area contributed by atoms with E-state index in [1.54, 1.807) is 0 Å². The van der Waals surface area contributed by atoms with E-state index in [-0.39, 0.29) is 17.8 Å². The molecular formula is C16H18FN3O4. The molecule has 1 heterocycles. The third-order valence-electron chi connectivity index (χ3n) is 3.78. The van der Waals surface area contributed by atoms with Gasteiger partial charge in [0.15, 0.2) is 0 Å². The maximum absolute atomic E-state index is 14.0. The van der Waals surface area contributed by atoms with Crippen LogP contribution in [0.15, 0.2) is 33.9 Å². The molecule has 0 aliphatic carbocycles. The van der Waals surface area contributed by atoms with E-state index in [1.165, 1.54) is 18.2 Å². The molecule has 1 aromatic heterocycles. The molecule has 0 amide bonds. The molecule has 0 saturated heterocycles. The van der Waals surface area contributed by atoms with Crippen molar-refractivity contribution < 1.29 is 14.3 Å². The van der Waals surface area contributed by atoms with E-state index in [2.05, 4.69) is 4.98 Å². The topological polar surface area (TPSA) is 95.4 Å². The molecular weight excluding hydrogens is 317 g/mol. The lowest BCUT2D eigenvalue weighted by atomic mass is 10.2. The van der Waals surface area contributed by atoms with Gasteiger partial charge in [-0.2, -0.15) is 0 Å². The molecule has 1 aromatic carbocycles. The second kappa shape index (κ2) is 7.22. The van der Waals surface area contributed by atoms with Crippen molar-refractivity contribution in [2.24, 2.45) is 0 Å². The van der Waals surface area contributed by atoms with E-state index < -0.39 is 28.7 Å². The van der Waals surface area contributed by atoms with Crippen molar-refractivity contribution in [3.05, 3.63) is 62.2 Å². The average molecular weight is 335 g/mol. The van der Waals surface area contributed by atoms with Crippen LogP contribution in [-0.4, -0.2) is 38.6 Å². The van der Waals surface area contributed by atoms with Crippen molar-refractivity contribution in [2.45, 2.75) is 20.4 Å². The summed E-state index contributed by atoms with van der Waals surface area (Å²) in [5.74, 6) is -2.16. The Hall–Kier alpha value is -2.74. The Kier molecular flexibility index (Phi) is 5.30. The number of aromatic carboxylic acids is 1.